The Labute approximate surface area is 269 Å². The number of carboxylic acid groups (broad SMARTS) is 1. The molecule has 0 aliphatic heterocycles. The minimum Gasteiger partial charge on any atom is -0.483 e. The summed E-state index contributed by atoms with van der Waals surface area (Å²) < 4.78 is 42.0. The summed E-state index contributed by atoms with van der Waals surface area (Å²) in [6, 6.07) is 9.89. The molecule has 0 aliphatic carbocycles. The van der Waals surface area contributed by atoms with Gasteiger partial charge < -0.3 is 15.0 Å². The molecule has 0 aliphatic rings. The summed E-state index contributed by atoms with van der Waals surface area (Å²) in [7, 11) is 0. The molecule has 3 rings (SSSR count). The third-order valence-electron chi connectivity index (χ3n) is 6.24. The van der Waals surface area contributed by atoms with Gasteiger partial charge in [-0.05, 0) is 78.6 Å². The van der Waals surface area contributed by atoms with Gasteiger partial charge in [0, 0.05) is 6.20 Å². The summed E-state index contributed by atoms with van der Waals surface area (Å²) in [6.45, 7) is 17.4. The lowest BCUT2D eigenvalue weighted by molar-refractivity contribution is -0.138. The van der Waals surface area contributed by atoms with Crippen LogP contribution in [0.4, 0.5) is 13.2 Å². The van der Waals surface area contributed by atoms with Crippen LogP contribution in [0.25, 0.3) is 11.1 Å². The monoisotopic (exact) mass is 655 g/mol. The van der Waals surface area contributed by atoms with Gasteiger partial charge in [0.1, 0.15) is 15.8 Å². The summed E-state index contributed by atoms with van der Waals surface area (Å²) in [6.07, 6.45) is -2.58. The third-order valence-corrected chi connectivity index (χ3v) is 6.77. The summed E-state index contributed by atoms with van der Waals surface area (Å²) >= 11 is 11.6. The smallest absolute Gasteiger partial charge is 0.416 e. The number of pyridine rings is 2. The molecule has 0 spiro atoms. The van der Waals surface area contributed by atoms with E-state index in [1.54, 1.807) is 13.0 Å². The van der Waals surface area contributed by atoms with E-state index >= 15 is 0 Å². The van der Waals surface area contributed by atoms with Crippen molar-refractivity contribution >= 4 is 36.2 Å². The van der Waals surface area contributed by atoms with Crippen molar-refractivity contribution in [3.63, 3.8) is 0 Å². The lowest BCUT2D eigenvalue weighted by Gasteiger charge is -2.24. The normalized spacial score (nSPS) is 11.1. The Hall–Kier alpha value is -3.24. The van der Waals surface area contributed by atoms with Crippen LogP contribution < -0.4 is 5.32 Å². The van der Waals surface area contributed by atoms with Gasteiger partial charge >= 0.3 is 6.18 Å². The van der Waals surface area contributed by atoms with E-state index in [1.165, 1.54) is 10.8 Å². The van der Waals surface area contributed by atoms with Gasteiger partial charge in [0.2, 0.25) is 5.91 Å². The highest BCUT2D eigenvalue weighted by atomic mass is 35.5. The van der Waals surface area contributed by atoms with Crippen LogP contribution in [-0.2, 0) is 28.7 Å². The number of carbonyl (C=O) groups is 2. The van der Waals surface area contributed by atoms with Crippen molar-refractivity contribution in [3.05, 3.63) is 80.3 Å². The molecule has 3 aromatic rings. The van der Waals surface area contributed by atoms with E-state index in [4.69, 9.17) is 33.7 Å². The molecule has 11 heteroatoms. The Morgan fingerprint density at radius 1 is 1.11 bits per heavy atom. The summed E-state index contributed by atoms with van der Waals surface area (Å²) in [5.74, 6) is -0.244. The summed E-state index contributed by atoms with van der Waals surface area (Å²) in [4.78, 5) is 26.1. The second-order valence-electron chi connectivity index (χ2n) is 9.71. The van der Waals surface area contributed by atoms with Gasteiger partial charge in [-0.1, -0.05) is 90.5 Å². The number of carbonyl (C=O) groups excluding carboxylic acids is 1. The molecule has 2 N–H and O–H groups in total. The molecule has 2 aromatic heterocycles. The predicted octanol–water partition coefficient (Wildman–Crippen LogP) is 9.79. The number of amides is 1. The first-order valence-electron chi connectivity index (χ1n) is 14.6. The number of aryl methyl sites for hydroxylation is 3. The summed E-state index contributed by atoms with van der Waals surface area (Å²) in [5.41, 5.74) is 4.05. The molecule has 2 heterocycles. The Kier molecular flexibility index (Phi) is 18.5. The highest BCUT2D eigenvalue weighted by Gasteiger charge is 2.34. The van der Waals surface area contributed by atoms with Gasteiger partial charge in [-0.3, -0.25) is 9.59 Å². The lowest BCUT2D eigenvalue weighted by Crippen LogP contribution is -2.34. The molecule has 1 amide bonds. The first kappa shape index (κ1) is 40.8. The van der Waals surface area contributed by atoms with Crippen molar-refractivity contribution in [1.82, 2.24) is 14.9 Å². The zero-order chi connectivity index (χ0) is 34.2. The fourth-order valence-electron chi connectivity index (χ4n) is 4.53. The van der Waals surface area contributed by atoms with E-state index in [1.807, 2.05) is 79.7 Å². The van der Waals surface area contributed by atoms with Crippen LogP contribution in [0.5, 0.6) is 0 Å². The zero-order valence-corrected chi connectivity index (χ0v) is 28.5. The van der Waals surface area contributed by atoms with Crippen LogP contribution in [0, 0.1) is 24.4 Å². The number of rotatable bonds is 8. The minimum atomic E-state index is -4.51. The van der Waals surface area contributed by atoms with E-state index in [2.05, 4.69) is 10.3 Å². The van der Waals surface area contributed by atoms with E-state index in [9.17, 15) is 18.0 Å². The van der Waals surface area contributed by atoms with Crippen molar-refractivity contribution < 1.29 is 27.9 Å². The molecule has 1 aromatic carbocycles. The standard InChI is InChI=1S/C28H31ClF3N3OS.2C2H6.CH2O2/c1-6-19-15-35(25(37)13-22(19)28(30,31)32)23(10-16(2)3)27(36)33-14-21-11-20(12-24(29)34-21)26-17(4)8-7-9-18(26)5;2*1-2;2-1-3/h7-9,11-13,15-16,23H,6,10,14H2,1-5H3,(H,33,36);2*1-2H3;1H,(H,2,3). The second kappa shape index (κ2) is 19.9. The lowest BCUT2D eigenvalue weighted by atomic mass is 9.96. The number of nitrogens with zero attached hydrogens (tertiary/aromatic N) is 2. The Balaban J connectivity index is 0.00000244. The number of hydrogen-bond donors (Lipinski definition) is 2. The van der Waals surface area contributed by atoms with Crippen LogP contribution >= 0.6 is 23.8 Å². The van der Waals surface area contributed by atoms with Crippen molar-refractivity contribution in [2.45, 2.75) is 93.9 Å². The summed E-state index contributed by atoms with van der Waals surface area (Å²) in [5, 5.41) is 10.1. The van der Waals surface area contributed by atoms with E-state index in [0.717, 1.165) is 28.3 Å². The molecule has 1 atom stereocenters. The van der Waals surface area contributed by atoms with E-state index in [0.29, 0.717) is 17.3 Å². The fraction of sp³-hybridized carbons (Fsp3) is 0.455. The minimum absolute atomic E-state index is 0.0384. The SMILES string of the molecule is CC.CC.CCc1cn(C(CC(C)C)C(=O)NCc2cc(-c3c(C)cccc3C)cc(Cl)n2)c(=S)cc1C(F)(F)F.O=CO. The van der Waals surface area contributed by atoms with Crippen LogP contribution in [0.3, 0.4) is 0 Å². The zero-order valence-electron chi connectivity index (χ0n) is 27.0. The molecule has 1 unspecified atom stereocenters. The van der Waals surface area contributed by atoms with E-state index in [-0.39, 0.29) is 41.5 Å². The molecular formula is C33H45ClF3N3O3S. The van der Waals surface area contributed by atoms with Gasteiger partial charge in [-0.2, -0.15) is 13.2 Å². The number of alkyl halides is 3. The number of aromatic nitrogens is 2. The Bertz CT molecular complexity index is 1390. The van der Waals surface area contributed by atoms with Crippen molar-refractivity contribution in [3.8, 4) is 11.1 Å². The highest BCUT2D eigenvalue weighted by molar-refractivity contribution is 7.71. The Morgan fingerprint density at radius 3 is 2.14 bits per heavy atom. The van der Waals surface area contributed by atoms with Gasteiger partial charge in [0.05, 0.1) is 17.8 Å². The quantitative estimate of drug-likeness (QED) is 0.143. The van der Waals surface area contributed by atoms with Crippen LogP contribution in [0.2, 0.25) is 5.15 Å². The van der Waals surface area contributed by atoms with Crippen molar-refractivity contribution in [2.24, 2.45) is 5.92 Å². The average molecular weight is 656 g/mol. The largest absolute Gasteiger partial charge is 0.483 e. The molecule has 0 fully saturated rings. The third kappa shape index (κ3) is 12.0. The Morgan fingerprint density at radius 2 is 1.66 bits per heavy atom. The average Bonchev–Trinajstić information content (AvgIpc) is 2.96. The highest BCUT2D eigenvalue weighted by Crippen LogP contribution is 2.34. The second-order valence-corrected chi connectivity index (χ2v) is 10.5. The van der Waals surface area contributed by atoms with Crippen molar-refractivity contribution in [1.29, 1.82) is 0 Å². The van der Waals surface area contributed by atoms with Crippen LogP contribution in [0.15, 0.2) is 42.6 Å². The molecule has 44 heavy (non-hydrogen) atoms. The van der Waals surface area contributed by atoms with Crippen LogP contribution in [0.1, 0.15) is 88.9 Å². The maximum atomic E-state index is 13.5. The fourth-order valence-corrected chi connectivity index (χ4v) is 5.05. The van der Waals surface area contributed by atoms with Gasteiger partial charge in [-0.15, -0.1) is 0 Å². The molecule has 0 saturated heterocycles. The maximum Gasteiger partial charge on any atom is 0.416 e. The molecule has 0 saturated carbocycles. The molecular weight excluding hydrogens is 611 g/mol. The maximum absolute atomic E-state index is 13.5. The molecule has 0 radical (unpaired) electrons. The number of halogens is 4. The van der Waals surface area contributed by atoms with Crippen molar-refractivity contribution in [2.75, 3.05) is 0 Å². The van der Waals surface area contributed by atoms with Gasteiger partial charge in [0.25, 0.3) is 6.47 Å². The topological polar surface area (TPSA) is 84.2 Å². The van der Waals surface area contributed by atoms with Crippen LogP contribution in [-0.4, -0.2) is 27.0 Å². The first-order valence-corrected chi connectivity index (χ1v) is 15.4. The number of hydrogen-bond acceptors (Lipinski definition) is 4. The number of benzene rings is 1. The first-order chi connectivity index (χ1) is 20.7. The van der Waals surface area contributed by atoms with Gasteiger partial charge in [0.15, 0.2) is 0 Å². The molecule has 6 nitrogen and oxygen atoms in total. The molecule has 244 valence electrons. The van der Waals surface area contributed by atoms with E-state index < -0.39 is 17.8 Å². The number of nitrogens with one attached hydrogen (secondary N) is 1. The predicted molar refractivity (Wildman–Crippen MR) is 176 cm³/mol. The van der Waals surface area contributed by atoms with Gasteiger partial charge in [-0.25, -0.2) is 4.98 Å². The molecule has 0 bridgehead atoms.